The minimum absolute atomic E-state index is 0.167. The summed E-state index contributed by atoms with van der Waals surface area (Å²) in [7, 11) is 2.18. The lowest BCUT2D eigenvalue weighted by Crippen LogP contribution is -2.21. The van der Waals surface area contributed by atoms with Crippen molar-refractivity contribution in [1.29, 1.82) is 0 Å². The summed E-state index contributed by atoms with van der Waals surface area (Å²) in [4.78, 5) is 2.39. The average Bonchev–Trinajstić information content (AvgIpc) is 2.76. The highest BCUT2D eigenvalue weighted by atomic mass is 19.1. The fourth-order valence-corrected chi connectivity index (χ4v) is 4.00. The van der Waals surface area contributed by atoms with E-state index in [0.29, 0.717) is 5.56 Å². The number of hydrogen-bond acceptors (Lipinski definition) is 1. The Bertz CT molecular complexity index is 997. The zero-order valence-electron chi connectivity index (χ0n) is 15.7. The fourth-order valence-electron chi connectivity index (χ4n) is 4.00. The van der Waals surface area contributed by atoms with E-state index in [0.717, 1.165) is 31.5 Å². The number of hydrogen-bond donors (Lipinski definition) is 0. The molecule has 0 fully saturated rings. The zero-order chi connectivity index (χ0) is 18.3. The van der Waals surface area contributed by atoms with Crippen LogP contribution in [0, 0.1) is 12.7 Å². The van der Waals surface area contributed by atoms with Gasteiger partial charge in [-0.2, -0.15) is 0 Å². The molecule has 2 heterocycles. The van der Waals surface area contributed by atoms with Crippen LogP contribution in [-0.4, -0.2) is 29.6 Å². The number of benzene rings is 2. The van der Waals surface area contributed by atoms with Gasteiger partial charge in [0.25, 0.3) is 0 Å². The first kappa shape index (κ1) is 17.0. The van der Waals surface area contributed by atoms with E-state index in [2.05, 4.69) is 47.8 Å². The second-order valence-corrected chi connectivity index (χ2v) is 7.41. The van der Waals surface area contributed by atoms with E-state index in [9.17, 15) is 4.39 Å². The van der Waals surface area contributed by atoms with Crippen LogP contribution in [0.15, 0.2) is 42.5 Å². The van der Waals surface area contributed by atoms with Crippen LogP contribution in [0.3, 0.4) is 0 Å². The van der Waals surface area contributed by atoms with E-state index in [-0.39, 0.29) is 5.82 Å². The SMILES string of the molecule is C/C(=C\n1c2c(c3cc(C)ccc31)CCN(C)CC2)c1ccccc1F. The van der Waals surface area contributed by atoms with Crippen LogP contribution in [0.25, 0.3) is 22.7 Å². The third kappa shape index (κ3) is 2.97. The highest BCUT2D eigenvalue weighted by Gasteiger charge is 2.20. The number of aryl methyl sites for hydroxylation is 1. The smallest absolute Gasteiger partial charge is 0.130 e. The van der Waals surface area contributed by atoms with Crippen LogP contribution in [0.2, 0.25) is 0 Å². The van der Waals surface area contributed by atoms with Crippen molar-refractivity contribution in [3.63, 3.8) is 0 Å². The van der Waals surface area contributed by atoms with Crippen molar-refractivity contribution < 1.29 is 4.39 Å². The monoisotopic (exact) mass is 348 g/mol. The third-order valence-electron chi connectivity index (χ3n) is 5.47. The predicted molar refractivity (Wildman–Crippen MR) is 108 cm³/mol. The number of allylic oxidation sites excluding steroid dienone is 1. The van der Waals surface area contributed by atoms with Crippen molar-refractivity contribution in [3.05, 3.63) is 70.7 Å². The molecule has 3 aromatic rings. The first-order valence-electron chi connectivity index (χ1n) is 9.29. The number of fused-ring (bicyclic) bond motifs is 3. The van der Waals surface area contributed by atoms with Crippen LogP contribution in [0.5, 0.6) is 0 Å². The van der Waals surface area contributed by atoms with Gasteiger partial charge in [-0.1, -0.05) is 29.8 Å². The van der Waals surface area contributed by atoms with Gasteiger partial charge in [0.05, 0.1) is 5.52 Å². The number of rotatable bonds is 2. The second kappa shape index (κ2) is 6.73. The molecule has 0 N–H and O–H groups in total. The molecule has 0 unspecified atom stereocenters. The van der Waals surface area contributed by atoms with Gasteiger partial charge in [-0.3, -0.25) is 0 Å². The zero-order valence-corrected chi connectivity index (χ0v) is 15.7. The lowest BCUT2D eigenvalue weighted by molar-refractivity contribution is 0.351. The standard InChI is InChI=1S/C23H25FN2/c1-16-8-9-22-20(14-16)19-10-12-25(3)13-11-23(19)26(22)15-17(2)18-6-4-5-7-21(18)24/h4-9,14-15H,10-13H2,1-3H3/b17-15+. The van der Waals surface area contributed by atoms with Crippen LogP contribution >= 0.6 is 0 Å². The first-order valence-corrected chi connectivity index (χ1v) is 9.29. The van der Waals surface area contributed by atoms with Crippen LogP contribution < -0.4 is 0 Å². The Morgan fingerprint density at radius 2 is 1.85 bits per heavy atom. The molecule has 0 saturated heterocycles. The molecule has 26 heavy (non-hydrogen) atoms. The molecule has 1 aliphatic rings. The Morgan fingerprint density at radius 3 is 2.65 bits per heavy atom. The summed E-state index contributed by atoms with van der Waals surface area (Å²) in [6.45, 7) is 6.27. The maximum absolute atomic E-state index is 14.2. The van der Waals surface area contributed by atoms with Gasteiger partial charge in [0, 0.05) is 42.4 Å². The van der Waals surface area contributed by atoms with Crippen molar-refractivity contribution in [1.82, 2.24) is 9.47 Å². The van der Waals surface area contributed by atoms with Gasteiger partial charge in [-0.05, 0) is 56.7 Å². The van der Waals surface area contributed by atoms with E-state index in [4.69, 9.17) is 0 Å². The van der Waals surface area contributed by atoms with E-state index >= 15 is 0 Å². The molecule has 4 rings (SSSR count). The van der Waals surface area contributed by atoms with E-state index < -0.39 is 0 Å². The number of halogens is 1. The molecule has 0 bridgehead atoms. The Labute approximate surface area is 154 Å². The fraction of sp³-hybridized carbons (Fsp3) is 0.304. The summed E-state index contributed by atoms with van der Waals surface area (Å²) in [5, 5.41) is 1.34. The molecule has 2 nitrogen and oxygen atoms in total. The van der Waals surface area contributed by atoms with Crippen molar-refractivity contribution >= 4 is 22.7 Å². The summed E-state index contributed by atoms with van der Waals surface area (Å²) < 4.78 is 16.5. The minimum Gasteiger partial charge on any atom is -0.320 e. The lowest BCUT2D eigenvalue weighted by atomic mass is 10.1. The van der Waals surface area contributed by atoms with Crippen molar-refractivity contribution in [2.45, 2.75) is 26.7 Å². The molecule has 3 heteroatoms. The van der Waals surface area contributed by atoms with Gasteiger partial charge in [0.1, 0.15) is 5.82 Å². The van der Waals surface area contributed by atoms with Crippen LogP contribution in [0.1, 0.15) is 29.3 Å². The highest BCUT2D eigenvalue weighted by Crippen LogP contribution is 2.31. The topological polar surface area (TPSA) is 8.17 Å². The molecule has 0 saturated carbocycles. The molecular formula is C23H25FN2. The number of likely N-dealkylation sites (N-methyl/N-ethyl adjacent to an activating group) is 1. The molecule has 0 spiro atoms. The third-order valence-corrected chi connectivity index (χ3v) is 5.47. The molecule has 0 radical (unpaired) electrons. The predicted octanol–water partition coefficient (Wildman–Crippen LogP) is 5.14. The summed E-state index contributed by atoms with van der Waals surface area (Å²) in [6, 6.07) is 13.7. The number of nitrogens with zero attached hydrogens (tertiary/aromatic N) is 2. The van der Waals surface area contributed by atoms with Crippen molar-refractivity contribution in [3.8, 4) is 0 Å². The highest BCUT2D eigenvalue weighted by molar-refractivity contribution is 5.90. The van der Waals surface area contributed by atoms with Gasteiger partial charge in [-0.25, -0.2) is 4.39 Å². The van der Waals surface area contributed by atoms with Gasteiger partial charge in [0.15, 0.2) is 0 Å². The molecule has 0 aliphatic carbocycles. The van der Waals surface area contributed by atoms with E-state index in [1.807, 2.05) is 19.1 Å². The van der Waals surface area contributed by atoms with Crippen LogP contribution in [-0.2, 0) is 12.8 Å². The maximum Gasteiger partial charge on any atom is 0.130 e. The van der Waals surface area contributed by atoms with E-state index in [1.165, 1.54) is 33.8 Å². The lowest BCUT2D eigenvalue weighted by Gasteiger charge is -2.13. The molecule has 0 atom stereocenters. The summed E-state index contributed by atoms with van der Waals surface area (Å²) >= 11 is 0. The summed E-state index contributed by atoms with van der Waals surface area (Å²) in [5.74, 6) is -0.167. The summed E-state index contributed by atoms with van der Waals surface area (Å²) in [6.07, 6.45) is 4.19. The van der Waals surface area contributed by atoms with Crippen molar-refractivity contribution in [2.75, 3.05) is 20.1 Å². The molecule has 2 aromatic carbocycles. The molecular weight excluding hydrogens is 323 g/mol. The van der Waals surface area contributed by atoms with Gasteiger partial charge < -0.3 is 9.47 Å². The van der Waals surface area contributed by atoms with Gasteiger partial charge in [0.2, 0.25) is 0 Å². The van der Waals surface area contributed by atoms with Gasteiger partial charge in [-0.15, -0.1) is 0 Å². The largest absolute Gasteiger partial charge is 0.320 e. The Balaban J connectivity index is 1.92. The van der Waals surface area contributed by atoms with Gasteiger partial charge >= 0.3 is 0 Å². The Kier molecular flexibility index (Phi) is 4.41. The Morgan fingerprint density at radius 1 is 1.08 bits per heavy atom. The molecule has 1 aromatic heterocycles. The van der Waals surface area contributed by atoms with Crippen LogP contribution in [0.4, 0.5) is 4.39 Å². The normalized spacial score (nSPS) is 15.9. The Hall–Kier alpha value is -2.39. The summed E-state index contributed by atoms with van der Waals surface area (Å²) in [5.41, 5.74) is 6.93. The second-order valence-electron chi connectivity index (χ2n) is 7.41. The first-order chi connectivity index (χ1) is 12.5. The molecule has 1 aliphatic heterocycles. The quantitative estimate of drug-likeness (QED) is 0.623. The molecule has 134 valence electrons. The average molecular weight is 348 g/mol. The van der Waals surface area contributed by atoms with E-state index in [1.54, 1.807) is 6.07 Å². The minimum atomic E-state index is -0.167. The maximum atomic E-state index is 14.2. The molecule has 0 amide bonds. The van der Waals surface area contributed by atoms with Crippen molar-refractivity contribution in [2.24, 2.45) is 0 Å². The number of aromatic nitrogens is 1.